The van der Waals surface area contributed by atoms with Gasteiger partial charge < -0.3 is 5.32 Å². The molecule has 0 spiro atoms. The van der Waals surface area contributed by atoms with Gasteiger partial charge in [-0.2, -0.15) is 5.10 Å². The van der Waals surface area contributed by atoms with E-state index in [0.717, 1.165) is 25.1 Å². The van der Waals surface area contributed by atoms with E-state index >= 15 is 0 Å². The molecule has 1 aromatic rings. The second-order valence-electron chi connectivity index (χ2n) is 4.55. The number of carbonyl (C=O) groups is 1. The van der Waals surface area contributed by atoms with Crippen LogP contribution in [-0.4, -0.2) is 28.2 Å². The standard InChI is InChI=1S/C12H19N3O/c1-9-11(6-7-13-9)12(16)4-3-10-5-8-14-15(10)2/h5,8-9,11,13H,3-4,6-7H2,1-2H3. The van der Waals surface area contributed by atoms with Gasteiger partial charge in [0, 0.05) is 37.3 Å². The van der Waals surface area contributed by atoms with Gasteiger partial charge in [0.1, 0.15) is 5.78 Å². The third-order valence-electron chi connectivity index (χ3n) is 3.49. The van der Waals surface area contributed by atoms with Crippen LogP contribution in [0.3, 0.4) is 0 Å². The summed E-state index contributed by atoms with van der Waals surface area (Å²) in [5.41, 5.74) is 1.13. The fraction of sp³-hybridized carbons (Fsp3) is 0.667. The Morgan fingerprint density at radius 3 is 3.06 bits per heavy atom. The predicted octanol–water partition coefficient (Wildman–Crippen LogP) is 0.920. The molecular formula is C12H19N3O. The Bertz CT molecular complexity index is 372. The zero-order chi connectivity index (χ0) is 11.5. The average Bonchev–Trinajstić information content (AvgIpc) is 2.84. The summed E-state index contributed by atoms with van der Waals surface area (Å²) in [5, 5.41) is 7.42. The quantitative estimate of drug-likeness (QED) is 0.822. The Balaban J connectivity index is 1.86. The summed E-state index contributed by atoms with van der Waals surface area (Å²) < 4.78 is 1.84. The number of aryl methyl sites for hydroxylation is 2. The molecule has 2 unspecified atom stereocenters. The second kappa shape index (κ2) is 4.78. The van der Waals surface area contributed by atoms with Gasteiger partial charge in [0.25, 0.3) is 0 Å². The summed E-state index contributed by atoms with van der Waals surface area (Å²) in [6, 6.07) is 2.32. The summed E-state index contributed by atoms with van der Waals surface area (Å²) in [5.74, 6) is 0.604. The summed E-state index contributed by atoms with van der Waals surface area (Å²) >= 11 is 0. The summed E-state index contributed by atoms with van der Waals surface area (Å²) in [6.07, 6.45) is 4.21. The number of ketones is 1. The number of rotatable bonds is 4. The minimum atomic E-state index is 0.216. The van der Waals surface area contributed by atoms with Crippen LogP contribution >= 0.6 is 0 Å². The second-order valence-corrected chi connectivity index (χ2v) is 4.55. The Hall–Kier alpha value is -1.16. The van der Waals surface area contributed by atoms with Gasteiger partial charge in [0.2, 0.25) is 0 Å². The molecule has 0 radical (unpaired) electrons. The van der Waals surface area contributed by atoms with E-state index in [4.69, 9.17) is 0 Å². The third-order valence-corrected chi connectivity index (χ3v) is 3.49. The molecule has 1 saturated heterocycles. The number of nitrogens with one attached hydrogen (secondary N) is 1. The molecule has 16 heavy (non-hydrogen) atoms. The minimum Gasteiger partial charge on any atom is -0.314 e. The smallest absolute Gasteiger partial charge is 0.137 e. The van der Waals surface area contributed by atoms with Gasteiger partial charge in [0.15, 0.2) is 0 Å². The lowest BCUT2D eigenvalue weighted by Crippen LogP contribution is -2.28. The molecule has 2 heterocycles. The van der Waals surface area contributed by atoms with E-state index in [9.17, 15) is 4.79 Å². The highest BCUT2D eigenvalue weighted by Crippen LogP contribution is 2.18. The van der Waals surface area contributed by atoms with Gasteiger partial charge in [-0.15, -0.1) is 0 Å². The first-order valence-corrected chi connectivity index (χ1v) is 5.91. The van der Waals surface area contributed by atoms with Crippen LogP contribution in [0.2, 0.25) is 0 Å². The van der Waals surface area contributed by atoms with Crippen molar-refractivity contribution in [2.45, 2.75) is 32.2 Å². The van der Waals surface area contributed by atoms with Crippen LogP contribution in [0.1, 0.15) is 25.5 Å². The van der Waals surface area contributed by atoms with Crippen LogP contribution in [-0.2, 0) is 18.3 Å². The van der Waals surface area contributed by atoms with Gasteiger partial charge in [0.05, 0.1) is 0 Å². The lowest BCUT2D eigenvalue weighted by Gasteiger charge is -2.13. The molecule has 0 bridgehead atoms. The van der Waals surface area contributed by atoms with Crippen LogP contribution in [0.15, 0.2) is 12.3 Å². The molecule has 4 nitrogen and oxygen atoms in total. The van der Waals surface area contributed by atoms with Crippen LogP contribution in [0.4, 0.5) is 0 Å². The Morgan fingerprint density at radius 2 is 2.50 bits per heavy atom. The van der Waals surface area contributed by atoms with Crippen LogP contribution in [0.25, 0.3) is 0 Å². The van der Waals surface area contributed by atoms with Gasteiger partial charge in [-0.25, -0.2) is 0 Å². The molecule has 0 saturated carbocycles. The Kier molecular flexibility index (Phi) is 3.39. The molecule has 4 heteroatoms. The Labute approximate surface area is 96.0 Å². The van der Waals surface area contributed by atoms with E-state index in [0.29, 0.717) is 18.2 Å². The SMILES string of the molecule is CC1NCCC1C(=O)CCc1ccnn1C. The molecule has 1 aliphatic heterocycles. The van der Waals surface area contributed by atoms with Gasteiger partial charge in [-0.05, 0) is 32.4 Å². The normalized spacial score (nSPS) is 24.9. The molecule has 1 aromatic heterocycles. The maximum absolute atomic E-state index is 12.0. The summed E-state index contributed by atoms with van der Waals surface area (Å²) in [7, 11) is 1.92. The molecule has 0 aromatic carbocycles. The monoisotopic (exact) mass is 221 g/mol. The van der Waals surface area contributed by atoms with Crippen molar-refractivity contribution in [3.05, 3.63) is 18.0 Å². The van der Waals surface area contributed by atoms with E-state index in [1.54, 1.807) is 6.20 Å². The van der Waals surface area contributed by atoms with Gasteiger partial charge in [-0.1, -0.05) is 0 Å². The number of carbonyl (C=O) groups excluding carboxylic acids is 1. The van der Waals surface area contributed by atoms with Crippen molar-refractivity contribution in [3.8, 4) is 0 Å². The maximum Gasteiger partial charge on any atom is 0.137 e. The van der Waals surface area contributed by atoms with Gasteiger partial charge >= 0.3 is 0 Å². The van der Waals surface area contributed by atoms with Crippen molar-refractivity contribution in [3.63, 3.8) is 0 Å². The highest BCUT2D eigenvalue weighted by molar-refractivity contribution is 5.82. The predicted molar refractivity (Wildman–Crippen MR) is 62.1 cm³/mol. The zero-order valence-corrected chi connectivity index (χ0v) is 9.94. The molecule has 1 aliphatic rings. The molecular weight excluding hydrogens is 202 g/mol. The van der Waals surface area contributed by atoms with Crippen molar-refractivity contribution >= 4 is 5.78 Å². The average molecular weight is 221 g/mol. The van der Waals surface area contributed by atoms with E-state index in [2.05, 4.69) is 17.3 Å². The lowest BCUT2D eigenvalue weighted by atomic mass is 9.93. The number of aromatic nitrogens is 2. The lowest BCUT2D eigenvalue weighted by molar-refractivity contribution is -0.122. The van der Waals surface area contributed by atoms with Crippen LogP contribution in [0.5, 0.6) is 0 Å². The first-order chi connectivity index (χ1) is 7.68. The number of hydrogen-bond donors (Lipinski definition) is 1. The van der Waals surface area contributed by atoms with Crippen molar-refractivity contribution in [1.29, 1.82) is 0 Å². The van der Waals surface area contributed by atoms with E-state index in [-0.39, 0.29) is 5.92 Å². The van der Waals surface area contributed by atoms with E-state index in [1.165, 1.54) is 0 Å². The fourth-order valence-electron chi connectivity index (χ4n) is 2.38. The Morgan fingerprint density at radius 1 is 1.69 bits per heavy atom. The van der Waals surface area contributed by atoms with Crippen molar-refractivity contribution in [1.82, 2.24) is 15.1 Å². The number of hydrogen-bond acceptors (Lipinski definition) is 3. The molecule has 2 atom stereocenters. The van der Waals surface area contributed by atoms with Crippen molar-refractivity contribution < 1.29 is 4.79 Å². The minimum absolute atomic E-state index is 0.216. The maximum atomic E-state index is 12.0. The first-order valence-electron chi connectivity index (χ1n) is 5.91. The molecule has 0 aliphatic carbocycles. The molecule has 2 rings (SSSR count). The molecule has 1 N–H and O–H groups in total. The first kappa shape index (κ1) is 11.3. The fourth-order valence-corrected chi connectivity index (χ4v) is 2.38. The largest absolute Gasteiger partial charge is 0.314 e. The topological polar surface area (TPSA) is 46.9 Å². The van der Waals surface area contributed by atoms with Crippen molar-refractivity contribution in [2.24, 2.45) is 13.0 Å². The summed E-state index contributed by atoms with van der Waals surface area (Å²) in [4.78, 5) is 12.0. The summed E-state index contributed by atoms with van der Waals surface area (Å²) in [6.45, 7) is 3.07. The highest BCUT2D eigenvalue weighted by atomic mass is 16.1. The number of nitrogens with zero attached hydrogens (tertiary/aromatic N) is 2. The highest BCUT2D eigenvalue weighted by Gasteiger charge is 2.28. The van der Waals surface area contributed by atoms with E-state index in [1.807, 2.05) is 17.8 Å². The molecule has 0 amide bonds. The zero-order valence-electron chi connectivity index (χ0n) is 9.94. The van der Waals surface area contributed by atoms with Crippen LogP contribution < -0.4 is 5.32 Å². The van der Waals surface area contributed by atoms with Crippen molar-refractivity contribution in [2.75, 3.05) is 6.54 Å². The third kappa shape index (κ3) is 2.32. The molecule has 1 fully saturated rings. The van der Waals surface area contributed by atoms with E-state index < -0.39 is 0 Å². The number of Topliss-reactive ketones (excluding diaryl/α,β-unsaturated/α-hetero) is 1. The van der Waals surface area contributed by atoms with Crippen LogP contribution in [0, 0.1) is 5.92 Å². The van der Waals surface area contributed by atoms with Gasteiger partial charge in [-0.3, -0.25) is 9.48 Å². The molecule has 88 valence electrons.